The maximum atomic E-state index is 13.2. The maximum absolute atomic E-state index is 13.2. The first-order valence-electron chi connectivity index (χ1n) is 13.1. The summed E-state index contributed by atoms with van der Waals surface area (Å²) in [7, 11) is 0. The van der Waals surface area contributed by atoms with E-state index in [0.717, 1.165) is 64.1 Å². The molecule has 3 aromatic rings. The smallest absolute Gasteiger partial charge is 0.261 e. The lowest BCUT2D eigenvalue weighted by atomic mass is 9.51. The lowest BCUT2D eigenvalue weighted by Gasteiger charge is -2.54. The minimum absolute atomic E-state index is 0.0170. The molecule has 1 aromatic heterocycles. The SMILES string of the molecule is O=C(NCCCC1C2CC3CC(C2)CC1C3)c1cc(-c2ccc(Cl)cc2Cl)c(-c2ccc(Cl)cc2)s1. The van der Waals surface area contributed by atoms with Crippen molar-refractivity contribution >= 4 is 52.0 Å². The van der Waals surface area contributed by atoms with Crippen molar-refractivity contribution in [1.29, 1.82) is 0 Å². The normalized spacial score (nSPS) is 26.4. The molecular formula is C30H30Cl3NOS. The number of nitrogens with one attached hydrogen (secondary N) is 1. The van der Waals surface area contributed by atoms with Crippen LogP contribution in [0.25, 0.3) is 21.6 Å². The first-order chi connectivity index (χ1) is 17.4. The summed E-state index contributed by atoms with van der Waals surface area (Å²) in [5.41, 5.74) is 2.80. The summed E-state index contributed by atoms with van der Waals surface area (Å²) in [6.45, 7) is 0.729. The van der Waals surface area contributed by atoms with Gasteiger partial charge in [-0.1, -0.05) is 53.0 Å². The van der Waals surface area contributed by atoms with Crippen molar-refractivity contribution in [3.63, 3.8) is 0 Å². The van der Waals surface area contributed by atoms with E-state index in [1.165, 1.54) is 49.9 Å². The van der Waals surface area contributed by atoms with Gasteiger partial charge in [-0.25, -0.2) is 0 Å². The molecule has 0 spiro atoms. The number of carbonyl (C=O) groups is 1. The number of hydrogen-bond donors (Lipinski definition) is 1. The Morgan fingerprint density at radius 2 is 1.50 bits per heavy atom. The van der Waals surface area contributed by atoms with Crippen LogP contribution in [-0.2, 0) is 0 Å². The minimum atomic E-state index is -0.0170. The predicted octanol–water partition coefficient (Wildman–Crippen LogP) is 9.62. The van der Waals surface area contributed by atoms with E-state index in [-0.39, 0.29) is 5.91 Å². The molecule has 1 amide bonds. The summed E-state index contributed by atoms with van der Waals surface area (Å²) < 4.78 is 0. The molecule has 0 unspecified atom stereocenters. The van der Waals surface area contributed by atoms with E-state index in [1.807, 2.05) is 42.5 Å². The molecule has 4 aliphatic rings. The average Bonchev–Trinajstić information content (AvgIpc) is 3.28. The number of thiophene rings is 1. The molecule has 0 atom stereocenters. The fourth-order valence-corrected chi connectivity index (χ4v) is 9.09. The topological polar surface area (TPSA) is 29.1 Å². The minimum Gasteiger partial charge on any atom is -0.351 e. The Morgan fingerprint density at radius 3 is 2.17 bits per heavy atom. The van der Waals surface area contributed by atoms with Crippen LogP contribution in [0.1, 0.15) is 54.6 Å². The van der Waals surface area contributed by atoms with Crippen LogP contribution in [-0.4, -0.2) is 12.5 Å². The van der Waals surface area contributed by atoms with E-state index >= 15 is 0 Å². The molecular weight excluding hydrogens is 529 g/mol. The summed E-state index contributed by atoms with van der Waals surface area (Å²) in [6.07, 6.45) is 9.65. The van der Waals surface area contributed by atoms with Gasteiger partial charge in [-0.2, -0.15) is 0 Å². The number of halogens is 3. The van der Waals surface area contributed by atoms with Gasteiger partial charge < -0.3 is 5.32 Å². The molecule has 6 heteroatoms. The molecule has 0 radical (unpaired) electrons. The van der Waals surface area contributed by atoms with Gasteiger partial charge in [-0.05, 0) is 110 Å². The van der Waals surface area contributed by atoms with Crippen LogP contribution in [0.4, 0.5) is 0 Å². The molecule has 36 heavy (non-hydrogen) atoms. The van der Waals surface area contributed by atoms with E-state index < -0.39 is 0 Å². The molecule has 188 valence electrons. The predicted molar refractivity (Wildman–Crippen MR) is 152 cm³/mol. The van der Waals surface area contributed by atoms with Gasteiger partial charge in [-0.3, -0.25) is 4.79 Å². The van der Waals surface area contributed by atoms with Crippen LogP contribution in [0.3, 0.4) is 0 Å². The molecule has 4 saturated carbocycles. The fourth-order valence-electron chi connectivity index (χ4n) is 7.36. The molecule has 7 rings (SSSR count). The second-order valence-electron chi connectivity index (χ2n) is 11.0. The highest BCUT2D eigenvalue weighted by Crippen LogP contribution is 2.57. The third-order valence-corrected chi connectivity index (χ3v) is 10.7. The Balaban J connectivity index is 1.16. The lowest BCUT2D eigenvalue weighted by molar-refractivity contribution is -0.0401. The molecule has 0 saturated heterocycles. The third-order valence-electron chi connectivity index (χ3n) is 8.71. The van der Waals surface area contributed by atoms with Gasteiger partial charge in [0.15, 0.2) is 0 Å². The molecule has 2 nitrogen and oxygen atoms in total. The van der Waals surface area contributed by atoms with Gasteiger partial charge in [0.05, 0.1) is 4.88 Å². The second-order valence-corrected chi connectivity index (χ2v) is 13.3. The maximum Gasteiger partial charge on any atom is 0.261 e. The highest BCUT2D eigenvalue weighted by atomic mass is 35.5. The van der Waals surface area contributed by atoms with Gasteiger partial charge in [0, 0.05) is 37.6 Å². The largest absolute Gasteiger partial charge is 0.351 e. The van der Waals surface area contributed by atoms with Crippen LogP contribution in [0.5, 0.6) is 0 Å². The highest BCUT2D eigenvalue weighted by molar-refractivity contribution is 7.18. The second kappa shape index (κ2) is 10.3. The first kappa shape index (κ1) is 24.8. The summed E-state index contributed by atoms with van der Waals surface area (Å²) in [4.78, 5) is 14.9. The van der Waals surface area contributed by atoms with Gasteiger partial charge in [-0.15, -0.1) is 11.3 Å². The van der Waals surface area contributed by atoms with Gasteiger partial charge in [0.2, 0.25) is 0 Å². The van der Waals surface area contributed by atoms with Crippen molar-refractivity contribution in [2.45, 2.75) is 44.9 Å². The number of amides is 1. The van der Waals surface area contributed by atoms with Crippen LogP contribution >= 0.6 is 46.1 Å². The van der Waals surface area contributed by atoms with Crippen LogP contribution in [0.15, 0.2) is 48.5 Å². The Bertz CT molecular complexity index is 1240. The van der Waals surface area contributed by atoms with E-state index in [1.54, 1.807) is 6.07 Å². The summed E-state index contributed by atoms with van der Waals surface area (Å²) in [5.74, 6) is 4.79. The fraction of sp³-hybridized carbons (Fsp3) is 0.433. The van der Waals surface area contributed by atoms with Crippen molar-refractivity contribution in [2.75, 3.05) is 6.54 Å². The molecule has 1 N–H and O–H groups in total. The molecule has 4 fully saturated rings. The van der Waals surface area contributed by atoms with Gasteiger partial charge in [0.25, 0.3) is 5.91 Å². The average molecular weight is 559 g/mol. The van der Waals surface area contributed by atoms with Crippen LogP contribution < -0.4 is 5.32 Å². The molecule has 1 heterocycles. The Hall–Kier alpha value is -1.52. The van der Waals surface area contributed by atoms with Crippen LogP contribution in [0.2, 0.25) is 15.1 Å². The van der Waals surface area contributed by atoms with Crippen molar-refractivity contribution < 1.29 is 4.79 Å². The van der Waals surface area contributed by atoms with E-state index in [9.17, 15) is 4.79 Å². The molecule has 0 aliphatic heterocycles. The molecule has 2 aromatic carbocycles. The Labute approximate surface area is 232 Å². The standard InChI is InChI=1S/C30H30Cl3NOS/c31-22-5-3-19(4-6-22)29-26(25-8-7-23(32)15-27(25)33)16-28(36-29)30(35)34-9-1-2-24-20-11-17-10-18(13-20)14-21(24)12-17/h3-8,15-18,20-21,24H,1-2,9-14H2,(H,34,35). The number of rotatable bonds is 7. The zero-order chi connectivity index (χ0) is 24.8. The number of carbonyl (C=O) groups excluding carboxylic acids is 1. The zero-order valence-corrected chi connectivity index (χ0v) is 23.2. The van der Waals surface area contributed by atoms with Crippen LogP contribution in [0, 0.1) is 29.6 Å². The van der Waals surface area contributed by atoms with Crippen molar-refractivity contribution in [3.8, 4) is 21.6 Å². The first-order valence-corrected chi connectivity index (χ1v) is 15.0. The Morgan fingerprint density at radius 1 is 0.833 bits per heavy atom. The summed E-state index contributed by atoms with van der Waals surface area (Å²) >= 11 is 20.3. The molecule has 4 bridgehead atoms. The molecule has 4 aliphatic carbocycles. The van der Waals surface area contributed by atoms with Gasteiger partial charge >= 0.3 is 0 Å². The van der Waals surface area contributed by atoms with Crippen molar-refractivity contribution in [2.24, 2.45) is 29.6 Å². The summed E-state index contributed by atoms with van der Waals surface area (Å²) in [5, 5.41) is 5.03. The third kappa shape index (κ3) is 4.97. The van der Waals surface area contributed by atoms with Crippen molar-refractivity contribution in [3.05, 3.63) is 68.5 Å². The van der Waals surface area contributed by atoms with E-state index in [2.05, 4.69) is 5.32 Å². The highest BCUT2D eigenvalue weighted by Gasteiger charge is 2.47. The zero-order valence-electron chi connectivity index (χ0n) is 20.1. The van der Waals surface area contributed by atoms with Gasteiger partial charge in [0.1, 0.15) is 0 Å². The Kier molecular flexibility index (Phi) is 7.11. The quantitative estimate of drug-likeness (QED) is 0.287. The van der Waals surface area contributed by atoms with E-state index in [4.69, 9.17) is 34.8 Å². The van der Waals surface area contributed by atoms with Crippen molar-refractivity contribution in [1.82, 2.24) is 5.32 Å². The lowest BCUT2D eigenvalue weighted by Crippen LogP contribution is -2.45. The summed E-state index contributed by atoms with van der Waals surface area (Å²) in [6, 6.07) is 15.1. The van der Waals surface area contributed by atoms with E-state index in [0.29, 0.717) is 19.9 Å². The number of hydrogen-bond acceptors (Lipinski definition) is 2. The monoisotopic (exact) mass is 557 g/mol. The number of benzene rings is 2.